The van der Waals surface area contributed by atoms with E-state index in [2.05, 4.69) is 37.9 Å². The molecule has 1 aliphatic heterocycles. The maximum Gasteiger partial charge on any atom is 0.239 e. The van der Waals surface area contributed by atoms with Gasteiger partial charge in [0.2, 0.25) is 5.91 Å². The predicted molar refractivity (Wildman–Crippen MR) is 86.0 cm³/mol. The molecule has 1 fully saturated rings. The maximum absolute atomic E-state index is 12.5. The molecule has 0 bridgehead atoms. The van der Waals surface area contributed by atoms with Gasteiger partial charge in [0.1, 0.15) is 0 Å². The Morgan fingerprint density at radius 2 is 1.81 bits per heavy atom. The molecule has 0 radical (unpaired) electrons. The molecule has 1 saturated heterocycles. The number of carbonyl (C=O) groups is 1. The van der Waals surface area contributed by atoms with Crippen molar-refractivity contribution in [3.63, 3.8) is 0 Å². The van der Waals surface area contributed by atoms with Crippen molar-refractivity contribution in [1.29, 1.82) is 0 Å². The van der Waals surface area contributed by atoms with Crippen molar-refractivity contribution in [2.45, 2.75) is 44.8 Å². The van der Waals surface area contributed by atoms with Gasteiger partial charge in [-0.1, -0.05) is 30.3 Å². The van der Waals surface area contributed by atoms with Crippen LogP contribution in [0, 0.1) is 0 Å². The minimum atomic E-state index is -0.395. The minimum Gasteiger partial charge on any atom is -0.338 e. The Kier molecular flexibility index (Phi) is 5.37. The van der Waals surface area contributed by atoms with E-state index in [0.717, 1.165) is 19.5 Å². The molecule has 4 nitrogen and oxygen atoms in total. The van der Waals surface area contributed by atoms with Crippen molar-refractivity contribution in [3.05, 3.63) is 35.9 Å². The summed E-state index contributed by atoms with van der Waals surface area (Å²) in [4.78, 5) is 16.8. The van der Waals surface area contributed by atoms with E-state index in [1.165, 1.54) is 5.56 Å². The van der Waals surface area contributed by atoms with Gasteiger partial charge in [0, 0.05) is 25.2 Å². The van der Waals surface area contributed by atoms with Crippen LogP contribution in [-0.2, 0) is 11.2 Å². The summed E-state index contributed by atoms with van der Waals surface area (Å²) >= 11 is 0. The zero-order valence-electron chi connectivity index (χ0n) is 13.3. The number of piperazine rings is 1. The third-order valence-corrected chi connectivity index (χ3v) is 4.58. The first-order chi connectivity index (χ1) is 9.99. The van der Waals surface area contributed by atoms with Gasteiger partial charge in [0.15, 0.2) is 0 Å². The van der Waals surface area contributed by atoms with E-state index in [4.69, 9.17) is 5.73 Å². The SMILES string of the molecule is CC1CN(C(=O)[C@@H](N)CCc2ccccc2)CC(C)N1C. The van der Waals surface area contributed by atoms with Gasteiger partial charge < -0.3 is 10.6 Å². The number of carbonyl (C=O) groups excluding carboxylic acids is 1. The highest BCUT2D eigenvalue weighted by Crippen LogP contribution is 2.15. The minimum absolute atomic E-state index is 0.0951. The third kappa shape index (κ3) is 4.05. The van der Waals surface area contributed by atoms with Gasteiger partial charge >= 0.3 is 0 Å². The quantitative estimate of drug-likeness (QED) is 0.914. The summed E-state index contributed by atoms with van der Waals surface area (Å²) in [5.74, 6) is 0.0951. The average molecular weight is 289 g/mol. The lowest BCUT2D eigenvalue weighted by atomic mass is 10.0. The molecule has 2 unspecified atom stereocenters. The van der Waals surface area contributed by atoms with Crippen LogP contribution in [0.3, 0.4) is 0 Å². The first-order valence-electron chi connectivity index (χ1n) is 7.79. The Labute approximate surface area is 127 Å². The number of nitrogens with zero attached hydrogens (tertiary/aromatic N) is 2. The van der Waals surface area contributed by atoms with Crippen LogP contribution in [0.1, 0.15) is 25.8 Å². The Hall–Kier alpha value is -1.39. The molecule has 21 heavy (non-hydrogen) atoms. The number of benzene rings is 1. The third-order valence-electron chi connectivity index (χ3n) is 4.58. The number of aryl methyl sites for hydroxylation is 1. The van der Waals surface area contributed by atoms with E-state index < -0.39 is 6.04 Å². The van der Waals surface area contributed by atoms with Crippen LogP contribution in [-0.4, -0.2) is 54.0 Å². The number of likely N-dealkylation sites (N-methyl/N-ethyl adjacent to an activating group) is 1. The van der Waals surface area contributed by atoms with Crippen molar-refractivity contribution >= 4 is 5.91 Å². The van der Waals surface area contributed by atoms with Gasteiger partial charge in [-0.05, 0) is 39.3 Å². The van der Waals surface area contributed by atoms with Crippen LogP contribution in [0.25, 0.3) is 0 Å². The molecule has 2 N–H and O–H groups in total. The van der Waals surface area contributed by atoms with E-state index in [-0.39, 0.29) is 5.91 Å². The molecule has 3 atom stereocenters. The van der Waals surface area contributed by atoms with E-state index >= 15 is 0 Å². The first kappa shape index (κ1) is 16.0. The fourth-order valence-electron chi connectivity index (χ4n) is 2.91. The lowest BCUT2D eigenvalue weighted by molar-refractivity contribution is -0.136. The Bertz CT molecular complexity index is 450. The largest absolute Gasteiger partial charge is 0.338 e. The van der Waals surface area contributed by atoms with Crippen molar-refractivity contribution in [1.82, 2.24) is 9.80 Å². The van der Waals surface area contributed by atoms with Gasteiger partial charge in [0.05, 0.1) is 6.04 Å². The van der Waals surface area contributed by atoms with Crippen molar-refractivity contribution < 1.29 is 4.79 Å². The molecule has 116 valence electrons. The smallest absolute Gasteiger partial charge is 0.239 e. The number of amides is 1. The predicted octanol–water partition coefficient (Wildman–Crippen LogP) is 1.50. The van der Waals surface area contributed by atoms with Gasteiger partial charge in [-0.15, -0.1) is 0 Å². The second-order valence-electron chi connectivity index (χ2n) is 6.24. The van der Waals surface area contributed by atoms with E-state index in [1.807, 2.05) is 23.1 Å². The average Bonchev–Trinajstić information content (AvgIpc) is 2.50. The number of rotatable bonds is 4. The van der Waals surface area contributed by atoms with E-state index in [9.17, 15) is 4.79 Å². The van der Waals surface area contributed by atoms with Gasteiger partial charge in [-0.25, -0.2) is 0 Å². The number of hydrogen-bond acceptors (Lipinski definition) is 3. The zero-order valence-corrected chi connectivity index (χ0v) is 13.3. The fourth-order valence-corrected chi connectivity index (χ4v) is 2.91. The lowest BCUT2D eigenvalue weighted by Crippen LogP contribution is -2.59. The number of hydrogen-bond donors (Lipinski definition) is 1. The summed E-state index contributed by atoms with van der Waals surface area (Å²) < 4.78 is 0. The van der Waals surface area contributed by atoms with Crippen molar-refractivity contribution in [2.24, 2.45) is 5.73 Å². The van der Waals surface area contributed by atoms with Crippen LogP contribution in [0.4, 0.5) is 0 Å². The molecule has 1 aromatic carbocycles. The lowest BCUT2D eigenvalue weighted by Gasteiger charge is -2.43. The summed E-state index contributed by atoms with van der Waals surface area (Å²) in [5.41, 5.74) is 7.35. The summed E-state index contributed by atoms with van der Waals surface area (Å²) in [6.45, 7) is 5.87. The normalized spacial score (nSPS) is 24.9. The molecule has 0 spiro atoms. The maximum atomic E-state index is 12.5. The summed E-state index contributed by atoms with van der Waals surface area (Å²) in [6, 6.07) is 10.6. The van der Waals surface area contributed by atoms with Crippen molar-refractivity contribution in [2.75, 3.05) is 20.1 Å². The summed E-state index contributed by atoms with van der Waals surface area (Å²) in [5, 5.41) is 0. The second-order valence-corrected chi connectivity index (χ2v) is 6.24. The molecule has 4 heteroatoms. The van der Waals surface area contributed by atoms with Crippen LogP contribution >= 0.6 is 0 Å². The van der Waals surface area contributed by atoms with E-state index in [0.29, 0.717) is 18.5 Å². The summed E-state index contributed by atoms with van der Waals surface area (Å²) in [7, 11) is 2.12. The fraction of sp³-hybridized carbons (Fsp3) is 0.588. The molecular weight excluding hydrogens is 262 g/mol. The highest BCUT2D eigenvalue weighted by molar-refractivity contribution is 5.81. The molecule has 1 heterocycles. The topological polar surface area (TPSA) is 49.6 Å². The van der Waals surface area contributed by atoms with Crippen LogP contribution in [0.15, 0.2) is 30.3 Å². The van der Waals surface area contributed by atoms with Crippen LogP contribution in [0.2, 0.25) is 0 Å². The molecule has 1 aromatic rings. The molecule has 0 aliphatic carbocycles. The highest BCUT2D eigenvalue weighted by Gasteiger charge is 2.31. The monoisotopic (exact) mass is 289 g/mol. The molecule has 1 aliphatic rings. The highest BCUT2D eigenvalue weighted by atomic mass is 16.2. The van der Waals surface area contributed by atoms with Gasteiger partial charge in [-0.2, -0.15) is 0 Å². The molecule has 1 amide bonds. The number of nitrogens with two attached hydrogens (primary N) is 1. The Balaban J connectivity index is 1.87. The first-order valence-corrected chi connectivity index (χ1v) is 7.79. The Morgan fingerprint density at radius 3 is 2.38 bits per heavy atom. The molecule has 0 saturated carbocycles. The van der Waals surface area contributed by atoms with Crippen LogP contribution < -0.4 is 5.73 Å². The molecular formula is C17H27N3O. The molecule has 2 rings (SSSR count). The van der Waals surface area contributed by atoms with Gasteiger partial charge in [0.25, 0.3) is 0 Å². The van der Waals surface area contributed by atoms with Gasteiger partial charge in [-0.3, -0.25) is 9.69 Å². The second kappa shape index (κ2) is 7.05. The van der Waals surface area contributed by atoms with Crippen LogP contribution in [0.5, 0.6) is 0 Å². The van der Waals surface area contributed by atoms with E-state index in [1.54, 1.807) is 0 Å². The Morgan fingerprint density at radius 1 is 1.24 bits per heavy atom. The standard InChI is InChI=1S/C17H27N3O/c1-13-11-20(12-14(2)19(13)3)17(21)16(18)10-9-15-7-5-4-6-8-15/h4-8,13-14,16H,9-12,18H2,1-3H3/t13?,14?,16-/m0/s1. The zero-order chi connectivity index (χ0) is 15.4. The van der Waals surface area contributed by atoms with Crippen molar-refractivity contribution in [3.8, 4) is 0 Å². The summed E-state index contributed by atoms with van der Waals surface area (Å²) in [6.07, 6.45) is 1.56. The molecule has 0 aromatic heterocycles.